The molecule has 18 heavy (non-hydrogen) atoms. The summed E-state index contributed by atoms with van der Waals surface area (Å²) in [5, 5.41) is 12.3. The lowest BCUT2D eigenvalue weighted by Crippen LogP contribution is -2.54. The van der Waals surface area contributed by atoms with Crippen LogP contribution < -0.4 is 10.6 Å². The van der Waals surface area contributed by atoms with Crippen molar-refractivity contribution in [2.75, 3.05) is 13.1 Å². The summed E-state index contributed by atoms with van der Waals surface area (Å²) in [6.07, 6.45) is -1.27. The van der Waals surface area contributed by atoms with Crippen molar-refractivity contribution in [1.29, 1.82) is 0 Å². The van der Waals surface area contributed by atoms with Gasteiger partial charge in [-0.2, -0.15) is 13.2 Å². The Labute approximate surface area is 101 Å². The van der Waals surface area contributed by atoms with Crippen molar-refractivity contribution in [3.8, 4) is 0 Å². The molecule has 0 radical (unpaired) electrons. The molecule has 1 aliphatic heterocycles. The summed E-state index contributed by atoms with van der Waals surface area (Å²) in [5.41, 5.74) is 0. The number of piperidine rings is 1. The highest BCUT2D eigenvalue weighted by molar-refractivity contribution is 5.82. The van der Waals surface area contributed by atoms with Crippen LogP contribution in [-0.4, -0.2) is 46.2 Å². The Morgan fingerprint density at radius 1 is 1.50 bits per heavy atom. The van der Waals surface area contributed by atoms with Gasteiger partial charge in [0.2, 0.25) is 0 Å². The molecule has 1 fully saturated rings. The summed E-state index contributed by atoms with van der Waals surface area (Å²) >= 11 is 0. The fraction of sp³-hybridized carbons (Fsp3) is 0.667. The van der Waals surface area contributed by atoms with Crippen molar-refractivity contribution in [3.05, 3.63) is 12.4 Å². The molecule has 6 nitrogen and oxygen atoms in total. The van der Waals surface area contributed by atoms with Crippen LogP contribution >= 0.6 is 0 Å². The molecule has 100 valence electrons. The molecule has 2 rings (SSSR count). The van der Waals surface area contributed by atoms with E-state index in [9.17, 15) is 18.0 Å². The molecule has 2 N–H and O–H groups in total. The third-order valence-electron chi connectivity index (χ3n) is 2.80. The minimum atomic E-state index is -4.87. The zero-order chi connectivity index (χ0) is 13.2. The van der Waals surface area contributed by atoms with Gasteiger partial charge < -0.3 is 10.6 Å². The number of carbonyl (C=O) groups is 1. The average Bonchev–Trinajstić information content (AvgIpc) is 2.82. The first-order valence-electron chi connectivity index (χ1n) is 5.42. The number of carbonyl (C=O) groups excluding carboxylic acids is 1. The fourth-order valence-corrected chi connectivity index (χ4v) is 1.95. The quantitative estimate of drug-likeness (QED) is 0.779. The lowest BCUT2D eigenvalue weighted by molar-refractivity contribution is -0.174. The molecule has 1 aromatic rings. The Bertz CT molecular complexity index is 405. The zero-order valence-electron chi connectivity index (χ0n) is 9.31. The summed E-state index contributed by atoms with van der Waals surface area (Å²) in [5.74, 6) is -1.93. The van der Waals surface area contributed by atoms with E-state index in [1.807, 2.05) is 5.32 Å². The molecule has 0 aromatic carbocycles. The lowest BCUT2D eigenvalue weighted by Gasteiger charge is -2.32. The summed E-state index contributed by atoms with van der Waals surface area (Å²) in [6, 6.07) is -0.977. The van der Waals surface area contributed by atoms with E-state index in [1.165, 1.54) is 10.9 Å². The second kappa shape index (κ2) is 4.92. The van der Waals surface area contributed by atoms with Crippen LogP contribution in [0.1, 0.15) is 12.5 Å². The molecule has 1 aliphatic rings. The minimum Gasteiger partial charge on any atom is -0.342 e. The molecule has 1 saturated heterocycles. The number of nitrogens with one attached hydrogen (secondary N) is 2. The van der Waals surface area contributed by atoms with Gasteiger partial charge in [-0.25, -0.2) is 4.68 Å². The topological polar surface area (TPSA) is 71.8 Å². The van der Waals surface area contributed by atoms with E-state index in [4.69, 9.17) is 0 Å². The molecule has 0 saturated carbocycles. The highest BCUT2D eigenvalue weighted by Gasteiger charge is 2.41. The predicted octanol–water partition coefficient (Wildman–Crippen LogP) is -0.140. The Morgan fingerprint density at radius 2 is 2.28 bits per heavy atom. The van der Waals surface area contributed by atoms with Crippen LogP contribution in [0.5, 0.6) is 0 Å². The fourth-order valence-electron chi connectivity index (χ4n) is 1.95. The number of amides is 1. The standard InChI is InChI=1S/C9H12F3N5O/c10-9(11,12)8(18)15-6-5-13-2-1-7(6)17-4-3-14-16-17/h3-4,6-7,13H,1-2,5H2,(H,15,18). The number of alkyl halides is 3. The summed E-state index contributed by atoms with van der Waals surface area (Å²) < 4.78 is 38.1. The largest absolute Gasteiger partial charge is 0.471 e. The summed E-state index contributed by atoms with van der Waals surface area (Å²) in [4.78, 5) is 10.9. The third kappa shape index (κ3) is 2.78. The Kier molecular flexibility index (Phi) is 3.50. The second-order valence-electron chi connectivity index (χ2n) is 4.02. The van der Waals surface area contributed by atoms with Crippen LogP contribution in [0.25, 0.3) is 0 Å². The Balaban J connectivity index is 2.07. The molecule has 0 spiro atoms. The van der Waals surface area contributed by atoms with Crippen LogP contribution in [0, 0.1) is 0 Å². The highest BCUT2D eigenvalue weighted by atomic mass is 19.4. The van der Waals surface area contributed by atoms with Crippen LogP contribution in [0.15, 0.2) is 12.4 Å². The van der Waals surface area contributed by atoms with Gasteiger partial charge in [0, 0.05) is 12.7 Å². The first-order chi connectivity index (χ1) is 8.48. The van der Waals surface area contributed by atoms with Gasteiger partial charge in [0.15, 0.2) is 0 Å². The van der Waals surface area contributed by atoms with Crippen molar-refractivity contribution < 1.29 is 18.0 Å². The molecule has 2 unspecified atom stereocenters. The van der Waals surface area contributed by atoms with Gasteiger partial charge in [-0.05, 0) is 13.0 Å². The smallest absolute Gasteiger partial charge is 0.342 e. The van der Waals surface area contributed by atoms with Crippen molar-refractivity contribution in [2.45, 2.75) is 24.7 Å². The van der Waals surface area contributed by atoms with Crippen LogP contribution in [-0.2, 0) is 4.79 Å². The Morgan fingerprint density at radius 3 is 2.89 bits per heavy atom. The molecule has 1 amide bonds. The number of rotatable bonds is 2. The number of hydrogen-bond acceptors (Lipinski definition) is 4. The van der Waals surface area contributed by atoms with Gasteiger partial charge in [0.05, 0.1) is 18.3 Å². The zero-order valence-corrected chi connectivity index (χ0v) is 9.31. The van der Waals surface area contributed by atoms with E-state index in [1.54, 1.807) is 6.20 Å². The monoisotopic (exact) mass is 263 g/mol. The van der Waals surface area contributed by atoms with Gasteiger partial charge in [0.25, 0.3) is 0 Å². The number of aromatic nitrogens is 3. The number of halogens is 3. The van der Waals surface area contributed by atoms with E-state index in [2.05, 4.69) is 15.6 Å². The van der Waals surface area contributed by atoms with Crippen molar-refractivity contribution in [3.63, 3.8) is 0 Å². The van der Waals surface area contributed by atoms with Crippen LogP contribution in [0.4, 0.5) is 13.2 Å². The summed E-state index contributed by atoms with van der Waals surface area (Å²) in [7, 11) is 0. The summed E-state index contributed by atoms with van der Waals surface area (Å²) in [6.45, 7) is 0.926. The lowest BCUT2D eigenvalue weighted by atomic mass is 10.0. The van der Waals surface area contributed by atoms with Crippen LogP contribution in [0.3, 0.4) is 0 Å². The van der Waals surface area contributed by atoms with E-state index >= 15 is 0 Å². The molecule has 0 aliphatic carbocycles. The molecule has 1 aromatic heterocycles. The molecular weight excluding hydrogens is 251 g/mol. The first kappa shape index (κ1) is 12.8. The molecular formula is C9H12F3N5O. The first-order valence-corrected chi connectivity index (χ1v) is 5.42. The number of hydrogen-bond donors (Lipinski definition) is 2. The van der Waals surface area contributed by atoms with Gasteiger partial charge >= 0.3 is 12.1 Å². The van der Waals surface area contributed by atoms with Crippen molar-refractivity contribution in [2.24, 2.45) is 0 Å². The molecule has 9 heteroatoms. The van der Waals surface area contributed by atoms with E-state index in [0.29, 0.717) is 13.0 Å². The maximum Gasteiger partial charge on any atom is 0.471 e. The van der Waals surface area contributed by atoms with Crippen LogP contribution in [0.2, 0.25) is 0 Å². The predicted molar refractivity (Wildman–Crippen MR) is 54.5 cm³/mol. The van der Waals surface area contributed by atoms with E-state index < -0.39 is 18.1 Å². The number of nitrogens with zero attached hydrogens (tertiary/aromatic N) is 3. The van der Waals surface area contributed by atoms with E-state index in [-0.39, 0.29) is 12.6 Å². The van der Waals surface area contributed by atoms with E-state index in [0.717, 1.165) is 0 Å². The average molecular weight is 263 g/mol. The van der Waals surface area contributed by atoms with Crippen molar-refractivity contribution >= 4 is 5.91 Å². The maximum atomic E-state index is 12.2. The van der Waals surface area contributed by atoms with Crippen molar-refractivity contribution in [1.82, 2.24) is 25.6 Å². The van der Waals surface area contributed by atoms with Gasteiger partial charge in [-0.1, -0.05) is 5.21 Å². The maximum absolute atomic E-state index is 12.2. The minimum absolute atomic E-state index is 0.270. The highest BCUT2D eigenvalue weighted by Crippen LogP contribution is 2.20. The van der Waals surface area contributed by atoms with Gasteiger partial charge in [0.1, 0.15) is 0 Å². The second-order valence-corrected chi connectivity index (χ2v) is 4.02. The molecule has 0 bridgehead atoms. The molecule has 2 atom stereocenters. The van der Waals surface area contributed by atoms with Gasteiger partial charge in [-0.15, -0.1) is 5.10 Å². The Hall–Kier alpha value is -1.64. The SMILES string of the molecule is O=C(NC1CNCCC1n1ccnn1)C(F)(F)F. The molecule has 2 heterocycles. The van der Waals surface area contributed by atoms with Gasteiger partial charge in [-0.3, -0.25) is 4.79 Å². The normalized spacial score (nSPS) is 24.8. The third-order valence-corrected chi connectivity index (χ3v) is 2.80.